The van der Waals surface area contributed by atoms with Gasteiger partial charge in [-0.25, -0.2) is 0 Å². The third-order valence-electron chi connectivity index (χ3n) is 3.16. The molecule has 2 rings (SSSR count). The van der Waals surface area contributed by atoms with E-state index in [1.807, 2.05) is 29.7 Å². The van der Waals surface area contributed by atoms with Gasteiger partial charge in [-0.15, -0.1) is 11.3 Å². The molecule has 19 heavy (non-hydrogen) atoms. The molecular formula is C15H21N3S. The Labute approximate surface area is 119 Å². The maximum absolute atomic E-state index is 6.18. The molecule has 0 saturated carbocycles. The highest BCUT2D eigenvalue weighted by Gasteiger charge is 2.22. The van der Waals surface area contributed by atoms with Crippen molar-refractivity contribution in [3.05, 3.63) is 52.0 Å². The lowest BCUT2D eigenvalue weighted by Gasteiger charge is -2.30. The average molecular weight is 275 g/mol. The van der Waals surface area contributed by atoms with Crippen molar-refractivity contribution in [3.8, 4) is 0 Å². The van der Waals surface area contributed by atoms with Crippen LogP contribution < -0.4 is 5.73 Å². The number of nitrogens with zero attached hydrogens (tertiary/aromatic N) is 2. The molecule has 2 aromatic rings. The van der Waals surface area contributed by atoms with E-state index in [0.29, 0.717) is 0 Å². The molecule has 0 amide bonds. The maximum atomic E-state index is 6.18. The number of hydrogen-bond acceptors (Lipinski definition) is 4. The molecule has 4 heteroatoms. The van der Waals surface area contributed by atoms with Gasteiger partial charge in [-0.1, -0.05) is 6.07 Å². The molecule has 0 aromatic carbocycles. The van der Waals surface area contributed by atoms with E-state index in [1.165, 1.54) is 9.75 Å². The largest absolute Gasteiger partial charge is 0.326 e. The van der Waals surface area contributed by atoms with Crippen molar-refractivity contribution in [2.24, 2.45) is 5.73 Å². The van der Waals surface area contributed by atoms with Crippen molar-refractivity contribution >= 4 is 11.3 Å². The first-order chi connectivity index (χ1) is 9.08. The minimum Gasteiger partial charge on any atom is -0.326 e. The van der Waals surface area contributed by atoms with E-state index in [4.69, 9.17) is 5.73 Å². The van der Waals surface area contributed by atoms with Crippen LogP contribution in [0.1, 0.15) is 28.4 Å². The van der Waals surface area contributed by atoms with Crippen LogP contribution in [0.2, 0.25) is 0 Å². The first-order valence-electron chi connectivity index (χ1n) is 6.50. The second-order valence-electron chi connectivity index (χ2n) is 4.99. The number of likely N-dealkylation sites (N-methyl/N-ethyl adjacent to an activating group) is 1. The second-order valence-corrected chi connectivity index (χ2v) is 6.31. The molecule has 2 heterocycles. The second kappa shape index (κ2) is 6.28. The lowest BCUT2D eigenvalue weighted by Crippen LogP contribution is -2.36. The standard InChI is InChI=1S/C15H21N3S/c1-11-7-8-14(19-11)15(12(2)16)18(3)10-13-6-4-5-9-17-13/h4-9,12,15H,10,16H2,1-3H3. The van der Waals surface area contributed by atoms with Gasteiger partial charge in [-0.3, -0.25) is 9.88 Å². The van der Waals surface area contributed by atoms with Gasteiger partial charge in [0, 0.05) is 28.5 Å². The zero-order valence-electron chi connectivity index (χ0n) is 11.7. The zero-order chi connectivity index (χ0) is 13.8. The van der Waals surface area contributed by atoms with Crippen LogP contribution in [0.4, 0.5) is 0 Å². The number of thiophene rings is 1. The van der Waals surface area contributed by atoms with Crippen LogP contribution in [0.3, 0.4) is 0 Å². The van der Waals surface area contributed by atoms with E-state index in [9.17, 15) is 0 Å². The highest BCUT2D eigenvalue weighted by atomic mass is 32.1. The Morgan fingerprint density at radius 1 is 1.32 bits per heavy atom. The molecular weight excluding hydrogens is 254 g/mol. The van der Waals surface area contributed by atoms with Crippen molar-refractivity contribution in [2.75, 3.05) is 7.05 Å². The summed E-state index contributed by atoms with van der Waals surface area (Å²) in [6, 6.07) is 10.7. The van der Waals surface area contributed by atoms with Crippen LogP contribution in [-0.4, -0.2) is 23.0 Å². The Morgan fingerprint density at radius 2 is 2.11 bits per heavy atom. The summed E-state index contributed by atoms with van der Waals surface area (Å²) in [5.41, 5.74) is 7.25. The molecule has 2 unspecified atom stereocenters. The van der Waals surface area contributed by atoms with Gasteiger partial charge >= 0.3 is 0 Å². The Kier molecular flexibility index (Phi) is 4.69. The van der Waals surface area contributed by atoms with Crippen molar-refractivity contribution in [1.29, 1.82) is 0 Å². The van der Waals surface area contributed by atoms with E-state index in [2.05, 4.69) is 49.0 Å². The molecule has 0 aliphatic rings. The summed E-state index contributed by atoms with van der Waals surface area (Å²) in [4.78, 5) is 9.31. The van der Waals surface area contributed by atoms with Gasteiger partial charge < -0.3 is 5.73 Å². The summed E-state index contributed by atoms with van der Waals surface area (Å²) in [6.45, 7) is 5.00. The number of rotatable bonds is 5. The van der Waals surface area contributed by atoms with Gasteiger partial charge in [-0.2, -0.15) is 0 Å². The summed E-state index contributed by atoms with van der Waals surface area (Å²) in [7, 11) is 2.11. The number of hydrogen-bond donors (Lipinski definition) is 1. The van der Waals surface area contributed by atoms with Gasteiger partial charge in [0.1, 0.15) is 0 Å². The van der Waals surface area contributed by atoms with Crippen LogP contribution in [-0.2, 0) is 6.54 Å². The Balaban J connectivity index is 2.15. The SMILES string of the molecule is Cc1ccc(C(C(C)N)N(C)Cc2ccccn2)s1. The summed E-state index contributed by atoms with van der Waals surface area (Å²) >= 11 is 1.82. The quantitative estimate of drug-likeness (QED) is 0.912. The molecule has 2 atom stereocenters. The Hall–Kier alpha value is -1.23. The minimum absolute atomic E-state index is 0.0896. The fourth-order valence-electron chi connectivity index (χ4n) is 2.34. The lowest BCUT2D eigenvalue weighted by atomic mass is 10.1. The maximum Gasteiger partial charge on any atom is 0.0591 e. The molecule has 0 fully saturated rings. The van der Waals surface area contributed by atoms with Crippen LogP contribution in [0.5, 0.6) is 0 Å². The summed E-state index contributed by atoms with van der Waals surface area (Å²) in [5.74, 6) is 0. The fourth-order valence-corrected chi connectivity index (χ4v) is 3.49. The monoisotopic (exact) mass is 275 g/mol. The van der Waals surface area contributed by atoms with E-state index in [-0.39, 0.29) is 12.1 Å². The van der Waals surface area contributed by atoms with Gasteiger partial charge in [0.2, 0.25) is 0 Å². The molecule has 0 saturated heterocycles. The first-order valence-corrected chi connectivity index (χ1v) is 7.31. The summed E-state index contributed by atoms with van der Waals surface area (Å²) in [5, 5.41) is 0. The number of nitrogens with two attached hydrogens (primary N) is 1. The van der Waals surface area contributed by atoms with Crippen LogP contribution in [0.25, 0.3) is 0 Å². The smallest absolute Gasteiger partial charge is 0.0591 e. The van der Waals surface area contributed by atoms with E-state index in [1.54, 1.807) is 0 Å². The highest BCUT2D eigenvalue weighted by Crippen LogP contribution is 2.29. The average Bonchev–Trinajstić information content (AvgIpc) is 2.76. The molecule has 2 aromatic heterocycles. The van der Waals surface area contributed by atoms with Crippen LogP contribution in [0, 0.1) is 6.92 Å². The minimum atomic E-state index is 0.0896. The van der Waals surface area contributed by atoms with E-state index < -0.39 is 0 Å². The van der Waals surface area contributed by atoms with Crippen molar-refractivity contribution in [1.82, 2.24) is 9.88 Å². The molecule has 0 aliphatic heterocycles. The topological polar surface area (TPSA) is 42.1 Å². The Morgan fingerprint density at radius 3 is 2.63 bits per heavy atom. The number of aromatic nitrogens is 1. The first kappa shape index (κ1) is 14.2. The van der Waals surface area contributed by atoms with Gasteiger partial charge in [0.25, 0.3) is 0 Å². The van der Waals surface area contributed by atoms with Gasteiger partial charge in [-0.05, 0) is 45.2 Å². The predicted molar refractivity (Wildman–Crippen MR) is 81.2 cm³/mol. The molecule has 2 N–H and O–H groups in total. The van der Waals surface area contributed by atoms with E-state index in [0.717, 1.165) is 12.2 Å². The Bertz CT molecular complexity index is 507. The molecule has 102 valence electrons. The number of aryl methyl sites for hydroxylation is 1. The van der Waals surface area contributed by atoms with Crippen molar-refractivity contribution in [2.45, 2.75) is 32.5 Å². The molecule has 0 spiro atoms. The van der Waals surface area contributed by atoms with Crippen LogP contribution in [0.15, 0.2) is 36.5 Å². The summed E-state index contributed by atoms with van der Waals surface area (Å²) in [6.07, 6.45) is 1.83. The fraction of sp³-hybridized carbons (Fsp3) is 0.400. The third kappa shape index (κ3) is 3.62. The molecule has 3 nitrogen and oxygen atoms in total. The number of pyridine rings is 1. The predicted octanol–water partition coefficient (Wildman–Crippen LogP) is 2.97. The molecule has 0 radical (unpaired) electrons. The van der Waals surface area contributed by atoms with Crippen LogP contribution >= 0.6 is 11.3 Å². The molecule has 0 aliphatic carbocycles. The van der Waals surface area contributed by atoms with E-state index >= 15 is 0 Å². The summed E-state index contributed by atoms with van der Waals surface area (Å²) < 4.78 is 0. The normalized spacial score (nSPS) is 14.6. The van der Waals surface area contributed by atoms with Gasteiger partial charge in [0.15, 0.2) is 0 Å². The lowest BCUT2D eigenvalue weighted by molar-refractivity contribution is 0.212. The zero-order valence-corrected chi connectivity index (χ0v) is 12.5. The van der Waals surface area contributed by atoms with Gasteiger partial charge in [0.05, 0.1) is 11.7 Å². The van der Waals surface area contributed by atoms with Crippen molar-refractivity contribution < 1.29 is 0 Å². The van der Waals surface area contributed by atoms with Crippen molar-refractivity contribution in [3.63, 3.8) is 0 Å². The molecule has 0 bridgehead atoms. The third-order valence-corrected chi connectivity index (χ3v) is 4.23. The highest BCUT2D eigenvalue weighted by molar-refractivity contribution is 7.12.